The number of aromatic nitrogens is 2. The normalized spacial score (nSPS) is 10.4. The molecule has 2 aromatic rings. The van der Waals surface area contributed by atoms with Crippen molar-refractivity contribution in [1.29, 1.82) is 0 Å². The van der Waals surface area contributed by atoms with E-state index in [0.29, 0.717) is 10.6 Å². The second kappa shape index (κ2) is 4.10. The van der Waals surface area contributed by atoms with Crippen LogP contribution in [0.4, 0.5) is 0 Å². The lowest BCUT2D eigenvalue weighted by Gasteiger charge is -2.02. The lowest BCUT2D eigenvalue weighted by Crippen LogP contribution is -1.98. The van der Waals surface area contributed by atoms with Crippen LogP contribution < -0.4 is 0 Å². The zero-order valence-electron chi connectivity index (χ0n) is 9.07. The Hall–Kier alpha value is -1.61. The number of halogens is 1. The molecule has 0 amide bonds. The van der Waals surface area contributed by atoms with Gasteiger partial charge in [-0.15, -0.1) is 0 Å². The molecular formula is C12H11ClN2O. The van der Waals surface area contributed by atoms with Crippen molar-refractivity contribution >= 4 is 17.4 Å². The van der Waals surface area contributed by atoms with Crippen molar-refractivity contribution in [1.82, 2.24) is 9.78 Å². The minimum absolute atomic E-state index is 0.0387. The van der Waals surface area contributed by atoms with E-state index in [4.69, 9.17) is 11.6 Å². The van der Waals surface area contributed by atoms with Crippen LogP contribution in [0, 0.1) is 6.92 Å². The van der Waals surface area contributed by atoms with E-state index in [0.717, 1.165) is 11.4 Å². The van der Waals surface area contributed by atoms with Crippen LogP contribution in [-0.4, -0.2) is 15.6 Å². The number of hydrogen-bond donors (Lipinski definition) is 0. The molecule has 0 aliphatic rings. The fourth-order valence-electron chi connectivity index (χ4n) is 1.44. The molecule has 0 bridgehead atoms. The average Bonchev–Trinajstić information content (AvgIpc) is 2.59. The Morgan fingerprint density at radius 1 is 1.44 bits per heavy atom. The SMILES string of the molecule is CC(=O)c1cccc(-n2cc(Cl)c(C)n2)c1. The van der Waals surface area contributed by atoms with Gasteiger partial charge in [0.1, 0.15) is 0 Å². The molecule has 1 heterocycles. The number of nitrogens with zero attached hydrogens (tertiary/aromatic N) is 2. The number of ketones is 1. The molecule has 0 unspecified atom stereocenters. The van der Waals surface area contributed by atoms with Gasteiger partial charge in [-0.2, -0.15) is 5.10 Å². The molecule has 3 nitrogen and oxygen atoms in total. The zero-order valence-corrected chi connectivity index (χ0v) is 9.82. The standard InChI is InChI=1S/C12H11ClN2O/c1-8-12(13)7-15(14-8)11-5-3-4-10(6-11)9(2)16/h3-7H,1-2H3. The summed E-state index contributed by atoms with van der Waals surface area (Å²) in [5.74, 6) is 0.0387. The molecule has 0 spiro atoms. The molecule has 2 rings (SSSR count). The molecule has 82 valence electrons. The van der Waals surface area contributed by atoms with E-state index in [9.17, 15) is 4.79 Å². The van der Waals surface area contributed by atoms with Crippen LogP contribution in [0.25, 0.3) is 5.69 Å². The number of hydrogen-bond acceptors (Lipinski definition) is 2. The Kier molecular flexibility index (Phi) is 2.79. The van der Waals surface area contributed by atoms with Crippen LogP contribution in [0.15, 0.2) is 30.5 Å². The van der Waals surface area contributed by atoms with E-state index in [1.165, 1.54) is 0 Å². The number of benzene rings is 1. The van der Waals surface area contributed by atoms with Gasteiger partial charge in [0.15, 0.2) is 5.78 Å². The fourth-order valence-corrected chi connectivity index (χ4v) is 1.57. The zero-order chi connectivity index (χ0) is 11.7. The first-order valence-electron chi connectivity index (χ1n) is 4.91. The third-order valence-corrected chi connectivity index (χ3v) is 2.73. The fraction of sp³-hybridized carbons (Fsp3) is 0.167. The van der Waals surface area contributed by atoms with Crippen molar-refractivity contribution in [2.45, 2.75) is 13.8 Å². The van der Waals surface area contributed by atoms with Crippen molar-refractivity contribution in [3.63, 3.8) is 0 Å². The third-order valence-electron chi connectivity index (χ3n) is 2.36. The summed E-state index contributed by atoms with van der Waals surface area (Å²) in [6.45, 7) is 3.38. The predicted molar refractivity (Wildman–Crippen MR) is 63.3 cm³/mol. The first-order chi connectivity index (χ1) is 7.58. The van der Waals surface area contributed by atoms with Crippen LogP contribution in [-0.2, 0) is 0 Å². The second-order valence-electron chi connectivity index (χ2n) is 3.61. The van der Waals surface area contributed by atoms with Crippen molar-refractivity contribution in [2.75, 3.05) is 0 Å². The second-order valence-corrected chi connectivity index (χ2v) is 4.02. The summed E-state index contributed by atoms with van der Waals surface area (Å²) in [7, 11) is 0. The average molecular weight is 235 g/mol. The van der Waals surface area contributed by atoms with Gasteiger partial charge in [-0.25, -0.2) is 4.68 Å². The first-order valence-corrected chi connectivity index (χ1v) is 5.29. The van der Waals surface area contributed by atoms with E-state index >= 15 is 0 Å². The summed E-state index contributed by atoms with van der Waals surface area (Å²) in [6, 6.07) is 7.29. The highest BCUT2D eigenvalue weighted by Crippen LogP contribution is 2.17. The van der Waals surface area contributed by atoms with Crippen LogP contribution in [0.1, 0.15) is 23.0 Å². The minimum atomic E-state index is 0.0387. The topological polar surface area (TPSA) is 34.9 Å². The highest BCUT2D eigenvalue weighted by atomic mass is 35.5. The van der Waals surface area contributed by atoms with E-state index in [2.05, 4.69) is 5.10 Å². The Labute approximate surface area is 98.7 Å². The minimum Gasteiger partial charge on any atom is -0.295 e. The van der Waals surface area contributed by atoms with Crippen molar-refractivity contribution in [3.05, 3.63) is 46.7 Å². The highest BCUT2D eigenvalue weighted by Gasteiger charge is 2.05. The van der Waals surface area contributed by atoms with Gasteiger partial charge >= 0.3 is 0 Å². The number of aryl methyl sites for hydroxylation is 1. The molecule has 0 radical (unpaired) electrons. The predicted octanol–water partition coefficient (Wildman–Crippen LogP) is 3.04. The van der Waals surface area contributed by atoms with Crippen LogP contribution >= 0.6 is 11.6 Å². The molecule has 4 heteroatoms. The van der Waals surface area contributed by atoms with Gasteiger partial charge in [-0.3, -0.25) is 4.79 Å². The Bertz CT molecular complexity index is 526. The van der Waals surface area contributed by atoms with Crippen LogP contribution in [0.2, 0.25) is 5.02 Å². The number of Topliss-reactive ketones (excluding diaryl/α,β-unsaturated/α-hetero) is 1. The first kappa shape index (κ1) is 10.9. The Morgan fingerprint density at radius 3 is 2.75 bits per heavy atom. The molecule has 0 fully saturated rings. The molecule has 1 aromatic heterocycles. The largest absolute Gasteiger partial charge is 0.295 e. The smallest absolute Gasteiger partial charge is 0.159 e. The molecule has 16 heavy (non-hydrogen) atoms. The van der Waals surface area contributed by atoms with Crippen LogP contribution in [0.3, 0.4) is 0 Å². The lowest BCUT2D eigenvalue weighted by atomic mass is 10.1. The van der Waals surface area contributed by atoms with Gasteiger partial charge in [0.05, 0.1) is 16.4 Å². The van der Waals surface area contributed by atoms with E-state index in [1.54, 1.807) is 29.9 Å². The summed E-state index contributed by atoms with van der Waals surface area (Å²) in [5.41, 5.74) is 2.28. The maximum Gasteiger partial charge on any atom is 0.159 e. The van der Waals surface area contributed by atoms with Gasteiger partial charge in [-0.05, 0) is 26.0 Å². The van der Waals surface area contributed by atoms with Crippen molar-refractivity contribution in [2.24, 2.45) is 0 Å². The molecule has 0 aliphatic carbocycles. The number of rotatable bonds is 2. The summed E-state index contributed by atoms with van der Waals surface area (Å²) in [5, 5.41) is 4.87. The third kappa shape index (κ3) is 1.99. The van der Waals surface area contributed by atoms with Gasteiger partial charge < -0.3 is 0 Å². The summed E-state index contributed by atoms with van der Waals surface area (Å²) < 4.78 is 1.67. The Balaban J connectivity index is 2.48. The van der Waals surface area contributed by atoms with Crippen LogP contribution in [0.5, 0.6) is 0 Å². The van der Waals surface area contributed by atoms with E-state index in [1.807, 2.05) is 19.1 Å². The lowest BCUT2D eigenvalue weighted by molar-refractivity contribution is 0.101. The molecular weight excluding hydrogens is 224 g/mol. The quantitative estimate of drug-likeness (QED) is 0.749. The van der Waals surface area contributed by atoms with Gasteiger partial charge in [0.2, 0.25) is 0 Å². The molecule has 0 N–H and O–H groups in total. The molecule has 0 aliphatic heterocycles. The summed E-state index contributed by atoms with van der Waals surface area (Å²) in [6.07, 6.45) is 1.73. The van der Waals surface area contributed by atoms with E-state index in [-0.39, 0.29) is 5.78 Å². The maximum atomic E-state index is 11.2. The van der Waals surface area contributed by atoms with Gasteiger partial charge in [0.25, 0.3) is 0 Å². The molecule has 1 aromatic carbocycles. The van der Waals surface area contributed by atoms with Crippen molar-refractivity contribution < 1.29 is 4.79 Å². The summed E-state index contributed by atoms with van der Waals surface area (Å²) >= 11 is 5.93. The number of carbonyl (C=O) groups excluding carboxylic acids is 1. The maximum absolute atomic E-state index is 11.2. The molecule has 0 saturated heterocycles. The highest BCUT2D eigenvalue weighted by molar-refractivity contribution is 6.31. The summed E-state index contributed by atoms with van der Waals surface area (Å²) in [4.78, 5) is 11.2. The number of carbonyl (C=O) groups is 1. The molecule has 0 atom stereocenters. The van der Waals surface area contributed by atoms with Gasteiger partial charge in [-0.1, -0.05) is 23.7 Å². The Morgan fingerprint density at radius 2 is 2.19 bits per heavy atom. The van der Waals surface area contributed by atoms with Crippen molar-refractivity contribution in [3.8, 4) is 5.69 Å². The molecule has 0 saturated carbocycles. The van der Waals surface area contributed by atoms with E-state index < -0.39 is 0 Å². The van der Waals surface area contributed by atoms with Gasteiger partial charge in [0, 0.05) is 11.8 Å². The monoisotopic (exact) mass is 234 g/mol.